The Labute approximate surface area is 184 Å². The molecule has 0 bridgehead atoms. The lowest BCUT2D eigenvalue weighted by Crippen LogP contribution is -2.29. The predicted molar refractivity (Wildman–Crippen MR) is 125 cm³/mol. The number of fused-ring (bicyclic) bond motifs is 1. The molecule has 3 nitrogen and oxygen atoms in total. The van der Waals surface area contributed by atoms with Crippen molar-refractivity contribution in [3.8, 4) is 0 Å². The molecule has 1 aliphatic rings. The van der Waals surface area contributed by atoms with Gasteiger partial charge in [0, 0.05) is 40.3 Å². The van der Waals surface area contributed by atoms with Crippen LogP contribution in [0, 0.1) is 6.92 Å². The van der Waals surface area contributed by atoms with Gasteiger partial charge in [0.2, 0.25) is 0 Å². The largest absolute Gasteiger partial charge is 0.365 e. The molecule has 1 heterocycles. The zero-order valence-corrected chi connectivity index (χ0v) is 18.7. The molecule has 0 aliphatic carbocycles. The van der Waals surface area contributed by atoms with Crippen molar-refractivity contribution in [2.45, 2.75) is 24.9 Å². The van der Waals surface area contributed by atoms with Gasteiger partial charge in [-0.15, -0.1) is 11.8 Å². The van der Waals surface area contributed by atoms with E-state index < -0.39 is 0 Å². The summed E-state index contributed by atoms with van der Waals surface area (Å²) in [4.78, 5) is 16.4. The van der Waals surface area contributed by atoms with Crippen molar-refractivity contribution in [1.82, 2.24) is 5.32 Å². The monoisotopic (exact) mass is 466 g/mol. The zero-order valence-electron chi connectivity index (χ0n) is 16.3. The highest BCUT2D eigenvalue weighted by Crippen LogP contribution is 2.36. The second kappa shape index (κ2) is 9.06. The molecule has 29 heavy (non-hydrogen) atoms. The second-order valence-corrected chi connectivity index (χ2v) is 9.20. The number of hydrogen-bond donors (Lipinski definition) is 1. The summed E-state index contributed by atoms with van der Waals surface area (Å²) in [6.45, 7) is 4.44. The lowest BCUT2D eigenvalue weighted by atomic mass is 10.1. The van der Waals surface area contributed by atoms with E-state index >= 15 is 0 Å². The number of aryl methyl sites for hydroxylation is 1. The van der Waals surface area contributed by atoms with Crippen molar-refractivity contribution in [2.24, 2.45) is 0 Å². The molecule has 0 aromatic heterocycles. The Balaban J connectivity index is 1.50. The van der Waals surface area contributed by atoms with Crippen molar-refractivity contribution in [2.75, 3.05) is 17.2 Å². The summed E-state index contributed by atoms with van der Waals surface area (Å²) < 4.78 is 1.01. The smallest absolute Gasteiger partial charge is 0.251 e. The molecule has 0 fully saturated rings. The van der Waals surface area contributed by atoms with Crippen LogP contribution in [0.2, 0.25) is 0 Å². The van der Waals surface area contributed by atoms with E-state index in [0.717, 1.165) is 34.6 Å². The van der Waals surface area contributed by atoms with Crippen molar-refractivity contribution in [3.63, 3.8) is 0 Å². The lowest BCUT2D eigenvalue weighted by Gasteiger charge is -2.31. The molecule has 3 aromatic rings. The third-order valence-electron chi connectivity index (χ3n) is 5.07. The number of halogens is 1. The van der Waals surface area contributed by atoms with Crippen LogP contribution >= 0.6 is 27.7 Å². The van der Waals surface area contributed by atoms with Gasteiger partial charge in [-0.2, -0.15) is 0 Å². The standard InChI is InChI=1S/C24H23BrN2OS/c1-17-6-8-18(9-7-17)16-27-12-13-29-23-11-10-19(14-22(23)27)24(28)26-15-20-4-2-3-5-21(20)25/h2-11,14H,12-13,15-16H2,1H3,(H,26,28). The van der Waals surface area contributed by atoms with Crippen LogP contribution in [-0.2, 0) is 13.1 Å². The van der Waals surface area contributed by atoms with Crippen LogP contribution in [-0.4, -0.2) is 18.2 Å². The van der Waals surface area contributed by atoms with E-state index in [0.29, 0.717) is 12.1 Å². The maximum absolute atomic E-state index is 12.8. The van der Waals surface area contributed by atoms with Gasteiger partial charge in [-0.05, 0) is 42.3 Å². The minimum absolute atomic E-state index is 0.0468. The molecule has 1 N–H and O–H groups in total. The molecular formula is C24H23BrN2OS. The van der Waals surface area contributed by atoms with Crippen LogP contribution in [0.4, 0.5) is 5.69 Å². The highest BCUT2D eigenvalue weighted by Gasteiger charge is 2.19. The quantitative estimate of drug-likeness (QED) is 0.515. The number of anilines is 1. The Morgan fingerprint density at radius 3 is 2.69 bits per heavy atom. The summed E-state index contributed by atoms with van der Waals surface area (Å²) in [7, 11) is 0. The molecule has 1 aliphatic heterocycles. The van der Waals surface area contributed by atoms with Gasteiger partial charge < -0.3 is 10.2 Å². The van der Waals surface area contributed by atoms with Crippen LogP contribution in [0.25, 0.3) is 0 Å². The SMILES string of the molecule is Cc1ccc(CN2CCSc3ccc(C(=O)NCc4ccccc4Br)cc32)cc1. The topological polar surface area (TPSA) is 32.3 Å². The first-order valence-corrected chi connectivity index (χ1v) is 11.5. The van der Waals surface area contributed by atoms with E-state index in [9.17, 15) is 4.79 Å². The van der Waals surface area contributed by atoms with Crippen LogP contribution in [0.1, 0.15) is 27.0 Å². The van der Waals surface area contributed by atoms with Gasteiger partial charge in [-0.3, -0.25) is 4.79 Å². The summed E-state index contributed by atoms with van der Waals surface area (Å²) in [5.74, 6) is 1.02. The summed E-state index contributed by atoms with van der Waals surface area (Å²) in [5, 5.41) is 3.04. The van der Waals surface area contributed by atoms with Crippen molar-refractivity contribution in [3.05, 3.63) is 93.5 Å². The number of hydrogen-bond acceptors (Lipinski definition) is 3. The Morgan fingerprint density at radius 1 is 1.10 bits per heavy atom. The van der Waals surface area contributed by atoms with Gasteiger partial charge in [0.15, 0.2) is 0 Å². The highest BCUT2D eigenvalue weighted by molar-refractivity contribution is 9.10. The van der Waals surface area contributed by atoms with E-state index in [-0.39, 0.29) is 5.91 Å². The Morgan fingerprint density at radius 2 is 1.90 bits per heavy atom. The van der Waals surface area contributed by atoms with Crippen molar-refractivity contribution in [1.29, 1.82) is 0 Å². The summed E-state index contributed by atoms with van der Waals surface area (Å²) >= 11 is 5.39. The molecule has 3 aromatic carbocycles. The van der Waals surface area contributed by atoms with Crippen LogP contribution in [0.3, 0.4) is 0 Å². The predicted octanol–water partition coefficient (Wildman–Crippen LogP) is 5.80. The third kappa shape index (κ3) is 4.85. The fourth-order valence-electron chi connectivity index (χ4n) is 3.41. The van der Waals surface area contributed by atoms with E-state index in [2.05, 4.69) is 63.4 Å². The van der Waals surface area contributed by atoms with Gasteiger partial charge in [0.05, 0.1) is 5.69 Å². The molecule has 5 heteroatoms. The van der Waals surface area contributed by atoms with Crippen LogP contribution < -0.4 is 10.2 Å². The fraction of sp³-hybridized carbons (Fsp3) is 0.208. The fourth-order valence-corrected chi connectivity index (χ4v) is 4.87. The van der Waals surface area contributed by atoms with E-state index in [1.54, 1.807) is 0 Å². The average Bonchev–Trinajstić information content (AvgIpc) is 2.74. The van der Waals surface area contributed by atoms with Gasteiger partial charge in [0.1, 0.15) is 0 Å². The molecule has 0 radical (unpaired) electrons. The minimum Gasteiger partial charge on any atom is -0.365 e. The Bertz CT molecular complexity index is 1020. The number of thioether (sulfide) groups is 1. The van der Waals surface area contributed by atoms with Crippen LogP contribution in [0.5, 0.6) is 0 Å². The van der Waals surface area contributed by atoms with Gasteiger partial charge in [-0.25, -0.2) is 0 Å². The average molecular weight is 467 g/mol. The number of nitrogens with one attached hydrogen (secondary N) is 1. The third-order valence-corrected chi connectivity index (χ3v) is 6.89. The molecule has 0 unspecified atom stereocenters. The van der Waals surface area contributed by atoms with Crippen molar-refractivity contribution < 1.29 is 4.79 Å². The van der Waals surface area contributed by atoms with Gasteiger partial charge in [0.25, 0.3) is 5.91 Å². The minimum atomic E-state index is -0.0468. The summed E-state index contributed by atoms with van der Waals surface area (Å²) in [6.07, 6.45) is 0. The molecule has 0 spiro atoms. The number of rotatable bonds is 5. The number of amides is 1. The molecule has 1 amide bonds. The molecule has 0 atom stereocenters. The molecular weight excluding hydrogens is 444 g/mol. The first-order chi connectivity index (χ1) is 14.1. The van der Waals surface area contributed by atoms with Crippen LogP contribution in [0.15, 0.2) is 76.1 Å². The Hall–Kier alpha value is -2.24. The summed E-state index contributed by atoms with van der Waals surface area (Å²) in [5.41, 5.74) is 5.47. The van der Waals surface area contributed by atoms with E-state index in [1.807, 2.05) is 48.2 Å². The number of carbonyl (C=O) groups is 1. The Kier molecular flexibility index (Phi) is 6.26. The molecule has 0 saturated carbocycles. The van der Waals surface area contributed by atoms with Crippen molar-refractivity contribution >= 4 is 39.3 Å². The molecule has 0 saturated heterocycles. The first kappa shape index (κ1) is 20.0. The number of nitrogens with zero attached hydrogens (tertiary/aromatic N) is 1. The van der Waals surface area contributed by atoms with E-state index in [1.165, 1.54) is 16.0 Å². The van der Waals surface area contributed by atoms with Gasteiger partial charge in [-0.1, -0.05) is 64.0 Å². The molecule has 4 rings (SSSR count). The van der Waals surface area contributed by atoms with Gasteiger partial charge >= 0.3 is 0 Å². The first-order valence-electron chi connectivity index (χ1n) is 9.69. The molecule has 148 valence electrons. The maximum Gasteiger partial charge on any atom is 0.251 e. The number of carbonyl (C=O) groups excluding carboxylic acids is 1. The second-order valence-electron chi connectivity index (χ2n) is 7.21. The zero-order chi connectivity index (χ0) is 20.2. The number of benzene rings is 3. The normalized spacial score (nSPS) is 13.1. The van der Waals surface area contributed by atoms with E-state index in [4.69, 9.17) is 0 Å². The maximum atomic E-state index is 12.8. The highest BCUT2D eigenvalue weighted by atomic mass is 79.9. The summed E-state index contributed by atoms with van der Waals surface area (Å²) in [6, 6.07) is 22.7. The lowest BCUT2D eigenvalue weighted by molar-refractivity contribution is 0.0951.